The standard InChI is InChI=1S/C35H42N4O3S.2H2O/c1-41-23-27-16-18-38(19-17-27)31-22-30(32(40)25-43-21-9-20-42-24-26-10-4-2-5-11-26)36-35-33(31)34(28-12-8-13-28)37-39(35)29-14-6-3-7-15-29;;/h2-7,10-11,14-15,22,27-28H,8-9,12-13,16-21,23-25H2,1H3;2*1H2. The summed E-state index contributed by atoms with van der Waals surface area (Å²) in [5.41, 5.74) is 5.74. The van der Waals surface area contributed by atoms with Crippen LogP contribution in [0.5, 0.6) is 0 Å². The number of ether oxygens (including phenoxy) is 2. The highest BCUT2D eigenvalue weighted by molar-refractivity contribution is 7.99. The van der Waals surface area contributed by atoms with Crippen LogP contribution < -0.4 is 4.90 Å². The van der Waals surface area contributed by atoms with E-state index in [0.29, 0.717) is 36.5 Å². The molecule has 1 aliphatic heterocycles. The summed E-state index contributed by atoms with van der Waals surface area (Å²) in [5.74, 6) is 2.36. The number of Topliss-reactive ketones (excluding diaryl/α,β-unsaturated/α-hetero) is 1. The maximum atomic E-state index is 13.6. The first-order chi connectivity index (χ1) is 21.2. The topological polar surface area (TPSA) is 132 Å². The lowest BCUT2D eigenvalue weighted by Crippen LogP contribution is -2.35. The summed E-state index contributed by atoms with van der Waals surface area (Å²) in [6.07, 6.45) is 6.61. The fraction of sp³-hybridized carbons (Fsp3) is 0.457. The molecule has 1 saturated carbocycles. The summed E-state index contributed by atoms with van der Waals surface area (Å²) in [5, 5.41) is 6.31. The van der Waals surface area contributed by atoms with Crippen LogP contribution in [-0.2, 0) is 16.1 Å². The maximum absolute atomic E-state index is 13.6. The van der Waals surface area contributed by atoms with Crippen molar-refractivity contribution in [3.05, 3.63) is 83.7 Å². The number of pyridine rings is 1. The number of fused-ring (bicyclic) bond motifs is 1. The predicted octanol–water partition coefficient (Wildman–Crippen LogP) is 5.42. The van der Waals surface area contributed by atoms with Crippen LogP contribution in [0.4, 0.5) is 5.69 Å². The van der Waals surface area contributed by atoms with Crippen molar-refractivity contribution in [2.45, 2.75) is 51.0 Å². The van der Waals surface area contributed by atoms with Crippen LogP contribution in [0.1, 0.15) is 66.2 Å². The van der Waals surface area contributed by atoms with Gasteiger partial charge in [0.2, 0.25) is 0 Å². The van der Waals surface area contributed by atoms with Gasteiger partial charge in [-0.05, 0) is 67.5 Å². The molecule has 2 aromatic heterocycles. The zero-order valence-electron chi connectivity index (χ0n) is 26.1. The van der Waals surface area contributed by atoms with Crippen LogP contribution in [-0.4, -0.2) is 76.4 Å². The van der Waals surface area contributed by atoms with Crippen molar-refractivity contribution >= 4 is 34.3 Å². The average molecular weight is 635 g/mol. The van der Waals surface area contributed by atoms with Crippen LogP contribution >= 0.6 is 11.8 Å². The second kappa shape index (κ2) is 16.9. The van der Waals surface area contributed by atoms with Gasteiger partial charge >= 0.3 is 0 Å². The zero-order chi connectivity index (χ0) is 29.4. The number of benzene rings is 2. The number of rotatable bonds is 14. The number of hydrogen-bond acceptors (Lipinski definition) is 7. The number of anilines is 1. The van der Waals surface area contributed by atoms with Crippen LogP contribution in [0.15, 0.2) is 66.7 Å². The van der Waals surface area contributed by atoms with Gasteiger partial charge in [-0.25, -0.2) is 9.67 Å². The number of carbonyl (C=O) groups is 1. The number of nitrogens with zero attached hydrogens (tertiary/aromatic N) is 4. The molecule has 1 saturated heterocycles. The number of carbonyl (C=O) groups excluding carboxylic acids is 1. The first kappa shape index (κ1) is 34.6. The van der Waals surface area contributed by atoms with Gasteiger partial charge < -0.3 is 25.3 Å². The summed E-state index contributed by atoms with van der Waals surface area (Å²) >= 11 is 1.66. The molecule has 6 rings (SSSR count). The molecule has 242 valence electrons. The number of piperidine rings is 1. The third-order valence-electron chi connectivity index (χ3n) is 8.70. The Bertz CT molecular complexity index is 1490. The molecule has 4 aromatic rings. The largest absolute Gasteiger partial charge is 0.412 e. The number of para-hydroxylation sites is 1. The van der Waals surface area contributed by atoms with E-state index in [1.54, 1.807) is 18.9 Å². The number of ketones is 1. The SMILES string of the molecule is COCC1CCN(c2cc(C(=O)CSCCCOCc3ccccc3)nc3c2c(C2CCC2)nn3-c2ccccc2)CC1.O.O. The molecule has 2 aromatic carbocycles. The lowest BCUT2D eigenvalue weighted by molar-refractivity contribution is 0.101. The van der Waals surface area contributed by atoms with Gasteiger partial charge in [-0.15, -0.1) is 0 Å². The minimum Gasteiger partial charge on any atom is -0.412 e. The molecule has 0 bridgehead atoms. The molecule has 1 aliphatic carbocycles. The highest BCUT2D eigenvalue weighted by Gasteiger charge is 2.31. The predicted molar refractivity (Wildman–Crippen MR) is 182 cm³/mol. The third kappa shape index (κ3) is 8.31. The Morgan fingerprint density at radius 2 is 1.69 bits per heavy atom. The fourth-order valence-electron chi connectivity index (χ4n) is 6.07. The Kier molecular flexibility index (Phi) is 13.0. The van der Waals surface area contributed by atoms with E-state index in [-0.39, 0.29) is 16.7 Å². The zero-order valence-corrected chi connectivity index (χ0v) is 26.9. The van der Waals surface area contributed by atoms with Crippen molar-refractivity contribution in [1.29, 1.82) is 0 Å². The number of thioether (sulfide) groups is 1. The number of hydrogen-bond donors (Lipinski definition) is 0. The molecule has 2 aliphatic rings. The number of aromatic nitrogens is 3. The van der Waals surface area contributed by atoms with E-state index >= 15 is 0 Å². The molecule has 0 atom stereocenters. The summed E-state index contributed by atoms with van der Waals surface area (Å²) in [4.78, 5) is 21.1. The van der Waals surface area contributed by atoms with Gasteiger partial charge in [-0.1, -0.05) is 55.0 Å². The van der Waals surface area contributed by atoms with Gasteiger partial charge in [0.1, 0.15) is 5.69 Å². The molecule has 10 heteroatoms. The normalized spacial score (nSPS) is 15.4. The molecule has 0 unspecified atom stereocenters. The fourth-order valence-corrected chi connectivity index (χ4v) is 6.87. The second-order valence-corrected chi connectivity index (χ2v) is 12.8. The molecule has 0 spiro atoms. The van der Waals surface area contributed by atoms with Crippen molar-refractivity contribution in [2.75, 3.05) is 49.8 Å². The van der Waals surface area contributed by atoms with Crippen molar-refractivity contribution in [2.24, 2.45) is 5.92 Å². The maximum Gasteiger partial charge on any atom is 0.191 e. The van der Waals surface area contributed by atoms with Crippen LogP contribution in [0.2, 0.25) is 0 Å². The van der Waals surface area contributed by atoms with Crippen molar-refractivity contribution < 1.29 is 25.2 Å². The van der Waals surface area contributed by atoms with E-state index in [2.05, 4.69) is 35.2 Å². The molecular formula is C35H46N4O5S. The van der Waals surface area contributed by atoms with Crippen LogP contribution in [0.25, 0.3) is 16.7 Å². The van der Waals surface area contributed by atoms with E-state index in [1.807, 2.05) is 41.1 Å². The lowest BCUT2D eigenvalue weighted by Gasteiger charge is -2.34. The molecular weight excluding hydrogens is 588 g/mol. The molecule has 9 nitrogen and oxygen atoms in total. The minimum absolute atomic E-state index is 0. The smallest absolute Gasteiger partial charge is 0.191 e. The van der Waals surface area contributed by atoms with Gasteiger partial charge in [0, 0.05) is 39.3 Å². The van der Waals surface area contributed by atoms with E-state index in [9.17, 15) is 4.79 Å². The summed E-state index contributed by atoms with van der Waals surface area (Å²) < 4.78 is 13.3. The molecule has 3 heterocycles. The van der Waals surface area contributed by atoms with Gasteiger partial charge in [0.05, 0.1) is 34.8 Å². The highest BCUT2D eigenvalue weighted by Crippen LogP contribution is 2.43. The summed E-state index contributed by atoms with van der Waals surface area (Å²) in [6.45, 7) is 4.00. The van der Waals surface area contributed by atoms with Crippen molar-refractivity contribution in [3.63, 3.8) is 0 Å². The van der Waals surface area contributed by atoms with E-state index in [1.165, 1.54) is 12.0 Å². The number of methoxy groups -OCH3 is 1. The Hall–Kier alpha value is -3.28. The van der Waals surface area contributed by atoms with Gasteiger partial charge in [0.15, 0.2) is 11.4 Å². The summed E-state index contributed by atoms with van der Waals surface area (Å²) in [7, 11) is 1.79. The molecule has 0 radical (unpaired) electrons. The first-order valence-corrected chi connectivity index (χ1v) is 16.8. The first-order valence-electron chi connectivity index (χ1n) is 15.7. The lowest BCUT2D eigenvalue weighted by atomic mass is 9.81. The van der Waals surface area contributed by atoms with Crippen LogP contribution in [0.3, 0.4) is 0 Å². The second-order valence-electron chi connectivity index (χ2n) is 11.7. The van der Waals surface area contributed by atoms with E-state index in [0.717, 1.165) is 85.7 Å². The highest BCUT2D eigenvalue weighted by atomic mass is 32.2. The monoisotopic (exact) mass is 634 g/mol. The van der Waals surface area contributed by atoms with Gasteiger partial charge in [-0.2, -0.15) is 16.9 Å². The van der Waals surface area contributed by atoms with Crippen molar-refractivity contribution in [3.8, 4) is 5.69 Å². The van der Waals surface area contributed by atoms with E-state index < -0.39 is 0 Å². The Labute approximate surface area is 269 Å². The quantitative estimate of drug-likeness (QED) is 0.134. The molecule has 2 fully saturated rings. The Balaban J connectivity index is 0.00000230. The van der Waals surface area contributed by atoms with E-state index in [4.69, 9.17) is 19.6 Å². The summed E-state index contributed by atoms with van der Waals surface area (Å²) in [6, 6.07) is 22.5. The third-order valence-corrected chi connectivity index (χ3v) is 9.75. The van der Waals surface area contributed by atoms with Gasteiger partial charge in [-0.3, -0.25) is 4.79 Å². The van der Waals surface area contributed by atoms with Gasteiger partial charge in [0.25, 0.3) is 0 Å². The minimum atomic E-state index is 0. The molecule has 0 amide bonds. The average Bonchev–Trinajstić information content (AvgIpc) is 3.39. The van der Waals surface area contributed by atoms with Crippen LogP contribution in [0, 0.1) is 5.92 Å². The Morgan fingerprint density at radius 3 is 2.36 bits per heavy atom. The Morgan fingerprint density at radius 1 is 0.978 bits per heavy atom. The molecule has 45 heavy (non-hydrogen) atoms. The molecule has 4 N–H and O–H groups in total. The van der Waals surface area contributed by atoms with Crippen molar-refractivity contribution in [1.82, 2.24) is 14.8 Å².